The number of ether oxygens (including phenoxy) is 2. The molecule has 0 radical (unpaired) electrons. The Labute approximate surface area is 176 Å². The van der Waals surface area contributed by atoms with E-state index in [0.29, 0.717) is 28.4 Å². The molecule has 0 spiro atoms. The lowest BCUT2D eigenvalue weighted by Gasteiger charge is -2.09. The Balaban J connectivity index is 2.04. The summed E-state index contributed by atoms with van der Waals surface area (Å²) < 4.78 is 13.8. The van der Waals surface area contributed by atoms with Crippen molar-refractivity contribution < 1.29 is 19.2 Å². The molecule has 0 aliphatic rings. The summed E-state index contributed by atoms with van der Waals surface area (Å²) in [7, 11) is 3.19. The molecular weight excluding hydrogens is 406 g/mol. The van der Waals surface area contributed by atoms with Crippen LogP contribution in [0.5, 0.6) is 11.5 Å². The molecule has 0 aliphatic carbocycles. The zero-order valence-corrected chi connectivity index (χ0v) is 17.6. The first-order chi connectivity index (χ1) is 14.5. The minimum atomic E-state index is -0.477. The zero-order valence-electron chi connectivity index (χ0n) is 16.8. The average molecular weight is 427 g/mol. The molecule has 0 atom stereocenters. The van der Waals surface area contributed by atoms with E-state index in [4.69, 9.17) is 9.47 Å². The van der Waals surface area contributed by atoms with Gasteiger partial charge < -0.3 is 14.0 Å². The molecule has 0 saturated carbocycles. The molecular formula is C21H21N3O5S. The van der Waals surface area contributed by atoms with Gasteiger partial charge in [-0.3, -0.25) is 14.9 Å². The topological polar surface area (TPSA) is 96.0 Å². The largest absolute Gasteiger partial charge is 0.495 e. The van der Waals surface area contributed by atoms with Crippen molar-refractivity contribution in [1.82, 2.24) is 4.57 Å². The molecule has 8 nitrogen and oxygen atoms in total. The number of aromatic nitrogens is 1. The molecule has 0 bridgehead atoms. The lowest BCUT2D eigenvalue weighted by atomic mass is 10.2. The summed E-state index contributed by atoms with van der Waals surface area (Å²) in [4.78, 5) is 27.7. The predicted molar refractivity (Wildman–Crippen MR) is 116 cm³/mol. The average Bonchev–Trinajstić information content (AvgIpc) is 3.10. The molecule has 156 valence electrons. The SMILES string of the molecule is CCCn1c(=NC(=O)C=Cc2cccc([N+](=O)[O-])c2)sc2c(OC)ccc(OC)c21. The highest BCUT2D eigenvalue weighted by Gasteiger charge is 2.16. The number of benzene rings is 2. The quantitative estimate of drug-likeness (QED) is 0.320. The molecule has 0 unspecified atom stereocenters. The molecule has 3 rings (SSSR count). The van der Waals surface area contributed by atoms with Crippen LogP contribution in [0.25, 0.3) is 16.3 Å². The fourth-order valence-corrected chi connectivity index (χ4v) is 4.18. The van der Waals surface area contributed by atoms with E-state index in [1.54, 1.807) is 26.4 Å². The number of aryl methyl sites for hydroxylation is 1. The summed E-state index contributed by atoms with van der Waals surface area (Å²) in [6.07, 6.45) is 3.66. The van der Waals surface area contributed by atoms with Gasteiger partial charge in [-0.2, -0.15) is 4.99 Å². The van der Waals surface area contributed by atoms with Crippen molar-refractivity contribution in [1.29, 1.82) is 0 Å². The van der Waals surface area contributed by atoms with Crippen molar-refractivity contribution in [2.45, 2.75) is 19.9 Å². The number of nitro groups is 1. The molecule has 1 heterocycles. The van der Waals surface area contributed by atoms with E-state index < -0.39 is 10.8 Å². The van der Waals surface area contributed by atoms with E-state index in [1.165, 1.54) is 35.6 Å². The molecule has 3 aromatic rings. The third-order valence-corrected chi connectivity index (χ3v) is 5.44. The number of fused-ring (bicyclic) bond motifs is 1. The first kappa shape index (κ1) is 21.3. The summed E-state index contributed by atoms with van der Waals surface area (Å²) in [6, 6.07) is 9.70. The highest BCUT2D eigenvalue weighted by molar-refractivity contribution is 7.16. The van der Waals surface area contributed by atoms with Crippen LogP contribution in [0.3, 0.4) is 0 Å². The van der Waals surface area contributed by atoms with E-state index in [1.807, 2.05) is 23.6 Å². The van der Waals surface area contributed by atoms with Crippen LogP contribution < -0.4 is 14.3 Å². The molecule has 0 fully saturated rings. The van der Waals surface area contributed by atoms with Crippen molar-refractivity contribution in [3.63, 3.8) is 0 Å². The van der Waals surface area contributed by atoms with Crippen LogP contribution in [0.1, 0.15) is 18.9 Å². The first-order valence-electron chi connectivity index (χ1n) is 9.24. The van der Waals surface area contributed by atoms with Gasteiger partial charge in [0.05, 0.1) is 19.1 Å². The fourth-order valence-electron chi connectivity index (χ4n) is 3.01. The second-order valence-electron chi connectivity index (χ2n) is 6.32. The smallest absolute Gasteiger partial charge is 0.272 e. The number of rotatable bonds is 7. The van der Waals surface area contributed by atoms with Crippen LogP contribution >= 0.6 is 11.3 Å². The van der Waals surface area contributed by atoms with E-state index in [-0.39, 0.29) is 5.69 Å². The number of hydrogen-bond acceptors (Lipinski definition) is 6. The molecule has 1 aromatic heterocycles. The Hall–Kier alpha value is -3.46. The standard InChI is InChI=1S/C21H21N3O5S/c1-4-12-23-19-16(28-2)9-10-17(29-3)20(19)30-21(23)22-18(25)11-8-14-6-5-7-15(13-14)24(26)27/h5-11,13H,4,12H2,1-3H3. The van der Waals surface area contributed by atoms with E-state index in [9.17, 15) is 14.9 Å². The number of thiazole rings is 1. The van der Waals surface area contributed by atoms with Gasteiger partial charge in [-0.25, -0.2) is 0 Å². The van der Waals surface area contributed by atoms with Gasteiger partial charge in [-0.05, 0) is 30.2 Å². The number of nitro benzene ring substituents is 1. The normalized spacial score (nSPS) is 11.9. The summed E-state index contributed by atoms with van der Waals surface area (Å²) in [6.45, 7) is 2.70. The van der Waals surface area contributed by atoms with Crippen molar-refractivity contribution in [3.8, 4) is 11.5 Å². The molecule has 9 heteroatoms. The maximum Gasteiger partial charge on any atom is 0.272 e. The summed E-state index contributed by atoms with van der Waals surface area (Å²) >= 11 is 1.35. The molecule has 0 N–H and O–H groups in total. The molecule has 1 amide bonds. The first-order valence-corrected chi connectivity index (χ1v) is 10.1. The Morgan fingerprint density at radius 3 is 2.63 bits per heavy atom. The van der Waals surface area contributed by atoms with Gasteiger partial charge in [0.2, 0.25) is 0 Å². The lowest BCUT2D eigenvalue weighted by molar-refractivity contribution is -0.384. The Kier molecular flexibility index (Phi) is 6.63. The second kappa shape index (κ2) is 9.36. The number of non-ortho nitro benzene ring substituents is 1. The van der Waals surface area contributed by atoms with Crippen LogP contribution in [0.2, 0.25) is 0 Å². The minimum absolute atomic E-state index is 0.0361. The Morgan fingerprint density at radius 1 is 1.23 bits per heavy atom. The highest BCUT2D eigenvalue weighted by atomic mass is 32.1. The number of amides is 1. The van der Waals surface area contributed by atoms with Crippen LogP contribution in [0.4, 0.5) is 5.69 Å². The van der Waals surface area contributed by atoms with Crippen molar-refractivity contribution in [2.75, 3.05) is 14.2 Å². The van der Waals surface area contributed by atoms with Crippen LogP contribution in [0, 0.1) is 10.1 Å². The number of carbonyl (C=O) groups excluding carboxylic acids is 1. The van der Waals surface area contributed by atoms with Gasteiger partial charge in [-0.15, -0.1) is 0 Å². The minimum Gasteiger partial charge on any atom is -0.495 e. The molecule has 0 saturated heterocycles. The van der Waals surface area contributed by atoms with Gasteiger partial charge in [0.25, 0.3) is 11.6 Å². The summed E-state index contributed by atoms with van der Waals surface area (Å²) in [5, 5.41) is 10.9. The summed E-state index contributed by atoms with van der Waals surface area (Å²) in [5.41, 5.74) is 1.35. The van der Waals surface area contributed by atoms with Gasteiger partial charge in [-0.1, -0.05) is 30.4 Å². The van der Waals surface area contributed by atoms with Gasteiger partial charge in [0.1, 0.15) is 21.7 Å². The van der Waals surface area contributed by atoms with Gasteiger partial charge in [0.15, 0.2) is 4.80 Å². The van der Waals surface area contributed by atoms with Gasteiger partial charge in [0, 0.05) is 24.8 Å². The zero-order chi connectivity index (χ0) is 21.7. The lowest BCUT2D eigenvalue weighted by Crippen LogP contribution is -2.16. The number of hydrogen-bond donors (Lipinski definition) is 0. The summed E-state index contributed by atoms with van der Waals surface area (Å²) in [5.74, 6) is 0.897. The third-order valence-electron chi connectivity index (χ3n) is 4.34. The second-order valence-corrected chi connectivity index (χ2v) is 7.30. The van der Waals surface area contributed by atoms with E-state index >= 15 is 0 Å². The molecule has 0 aliphatic heterocycles. The van der Waals surface area contributed by atoms with Crippen LogP contribution in [-0.4, -0.2) is 29.6 Å². The maximum absolute atomic E-state index is 12.5. The number of nitrogens with zero attached hydrogens (tertiary/aromatic N) is 3. The Bertz CT molecular complexity index is 1190. The highest BCUT2D eigenvalue weighted by Crippen LogP contribution is 2.35. The third kappa shape index (κ3) is 4.41. The van der Waals surface area contributed by atoms with E-state index in [2.05, 4.69) is 4.99 Å². The van der Waals surface area contributed by atoms with Crippen molar-refractivity contribution in [3.05, 3.63) is 63.0 Å². The van der Waals surface area contributed by atoms with Crippen molar-refractivity contribution >= 4 is 39.2 Å². The monoisotopic (exact) mass is 427 g/mol. The molecule has 30 heavy (non-hydrogen) atoms. The molecule has 2 aromatic carbocycles. The van der Waals surface area contributed by atoms with Gasteiger partial charge >= 0.3 is 0 Å². The van der Waals surface area contributed by atoms with Crippen molar-refractivity contribution in [2.24, 2.45) is 4.99 Å². The van der Waals surface area contributed by atoms with Crippen LogP contribution in [-0.2, 0) is 11.3 Å². The predicted octanol–water partition coefficient (Wildman–Crippen LogP) is 4.18. The number of methoxy groups -OCH3 is 2. The fraction of sp³-hybridized carbons (Fsp3) is 0.238. The maximum atomic E-state index is 12.5. The Morgan fingerprint density at radius 2 is 1.97 bits per heavy atom. The van der Waals surface area contributed by atoms with E-state index in [0.717, 1.165) is 16.6 Å². The van der Waals surface area contributed by atoms with Crippen LogP contribution in [0.15, 0.2) is 47.5 Å². The number of carbonyl (C=O) groups is 1.